The van der Waals surface area contributed by atoms with Crippen molar-refractivity contribution in [1.29, 1.82) is 5.26 Å². The molecule has 20 heavy (non-hydrogen) atoms. The first-order valence-corrected chi connectivity index (χ1v) is 6.84. The molecule has 4 nitrogen and oxygen atoms in total. The SMILES string of the molecule is N#Cc1ccccc1NC1C(=O)Nc2cc(Br)ccc21. The van der Waals surface area contributed by atoms with Crippen LogP contribution in [0.5, 0.6) is 0 Å². The molecule has 1 heterocycles. The average molecular weight is 328 g/mol. The smallest absolute Gasteiger partial charge is 0.251 e. The van der Waals surface area contributed by atoms with Gasteiger partial charge in [0.2, 0.25) is 0 Å². The van der Waals surface area contributed by atoms with Crippen LogP contribution in [0.1, 0.15) is 17.2 Å². The fourth-order valence-corrected chi connectivity index (χ4v) is 2.60. The van der Waals surface area contributed by atoms with Crippen molar-refractivity contribution in [2.45, 2.75) is 6.04 Å². The molecule has 1 atom stereocenters. The summed E-state index contributed by atoms with van der Waals surface area (Å²) in [5.74, 6) is -0.120. The van der Waals surface area contributed by atoms with Crippen molar-refractivity contribution in [1.82, 2.24) is 0 Å². The monoisotopic (exact) mass is 327 g/mol. The molecule has 2 N–H and O–H groups in total. The highest BCUT2D eigenvalue weighted by molar-refractivity contribution is 9.10. The van der Waals surface area contributed by atoms with Crippen LogP contribution in [0.25, 0.3) is 0 Å². The molecule has 0 aromatic heterocycles. The molecule has 0 spiro atoms. The maximum absolute atomic E-state index is 12.1. The number of carbonyl (C=O) groups excluding carboxylic acids is 1. The van der Waals surface area contributed by atoms with Gasteiger partial charge in [0.15, 0.2) is 0 Å². The van der Waals surface area contributed by atoms with Crippen LogP contribution in [0.2, 0.25) is 0 Å². The Balaban J connectivity index is 1.97. The van der Waals surface area contributed by atoms with E-state index in [-0.39, 0.29) is 5.91 Å². The van der Waals surface area contributed by atoms with E-state index >= 15 is 0 Å². The van der Waals surface area contributed by atoms with Gasteiger partial charge in [-0.3, -0.25) is 4.79 Å². The lowest BCUT2D eigenvalue weighted by molar-refractivity contribution is -0.116. The van der Waals surface area contributed by atoms with E-state index in [2.05, 4.69) is 32.6 Å². The lowest BCUT2D eigenvalue weighted by Gasteiger charge is -2.14. The molecule has 0 bridgehead atoms. The highest BCUT2D eigenvalue weighted by atomic mass is 79.9. The number of rotatable bonds is 2. The van der Waals surface area contributed by atoms with Gasteiger partial charge in [-0.1, -0.05) is 34.1 Å². The zero-order chi connectivity index (χ0) is 14.1. The van der Waals surface area contributed by atoms with E-state index in [9.17, 15) is 4.79 Å². The van der Waals surface area contributed by atoms with Crippen LogP contribution >= 0.6 is 15.9 Å². The molecule has 1 aliphatic heterocycles. The number of hydrogen-bond acceptors (Lipinski definition) is 3. The summed E-state index contributed by atoms with van der Waals surface area (Å²) in [4.78, 5) is 12.1. The number of benzene rings is 2. The van der Waals surface area contributed by atoms with Gasteiger partial charge in [-0.15, -0.1) is 0 Å². The number of anilines is 2. The van der Waals surface area contributed by atoms with Gasteiger partial charge in [0.25, 0.3) is 5.91 Å². The van der Waals surface area contributed by atoms with Gasteiger partial charge in [0.05, 0.1) is 11.3 Å². The van der Waals surface area contributed by atoms with Gasteiger partial charge in [0, 0.05) is 15.7 Å². The molecule has 98 valence electrons. The first-order valence-electron chi connectivity index (χ1n) is 6.05. The minimum absolute atomic E-state index is 0.120. The molecule has 0 fully saturated rings. The van der Waals surface area contributed by atoms with E-state index < -0.39 is 6.04 Å². The molecular formula is C15H10BrN3O. The number of carbonyl (C=O) groups is 1. The van der Waals surface area contributed by atoms with Crippen molar-refractivity contribution in [2.75, 3.05) is 10.6 Å². The minimum atomic E-state index is -0.479. The fourth-order valence-electron chi connectivity index (χ4n) is 2.24. The Bertz CT molecular complexity index is 736. The van der Waals surface area contributed by atoms with E-state index in [0.29, 0.717) is 11.3 Å². The molecule has 2 aromatic carbocycles. The van der Waals surface area contributed by atoms with Crippen molar-refractivity contribution >= 4 is 33.2 Å². The van der Waals surface area contributed by atoms with Crippen LogP contribution in [-0.4, -0.2) is 5.91 Å². The number of nitrogens with one attached hydrogen (secondary N) is 2. The average Bonchev–Trinajstić information content (AvgIpc) is 2.75. The van der Waals surface area contributed by atoms with Crippen LogP contribution in [0.15, 0.2) is 46.9 Å². The second-order valence-corrected chi connectivity index (χ2v) is 5.37. The summed E-state index contributed by atoms with van der Waals surface area (Å²) >= 11 is 3.38. The van der Waals surface area contributed by atoms with Gasteiger partial charge >= 0.3 is 0 Å². The fraction of sp³-hybridized carbons (Fsp3) is 0.0667. The Morgan fingerprint density at radius 1 is 1.25 bits per heavy atom. The van der Waals surface area contributed by atoms with E-state index in [1.54, 1.807) is 18.2 Å². The third-order valence-electron chi connectivity index (χ3n) is 3.19. The molecule has 0 radical (unpaired) electrons. The summed E-state index contributed by atoms with van der Waals surface area (Å²) in [5.41, 5.74) is 2.85. The zero-order valence-corrected chi connectivity index (χ0v) is 11.9. The predicted octanol–water partition coefficient (Wildman–Crippen LogP) is 3.43. The first-order chi connectivity index (χ1) is 9.69. The quantitative estimate of drug-likeness (QED) is 0.888. The molecule has 0 aliphatic carbocycles. The normalized spacial score (nSPS) is 16.2. The van der Waals surface area contributed by atoms with Gasteiger partial charge in [-0.25, -0.2) is 0 Å². The number of amides is 1. The third kappa shape index (κ3) is 2.15. The second-order valence-electron chi connectivity index (χ2n) is 4.46. The van der Waals surface area contributed by atoms with Crippen LogP contribution < -0.4 is 10.6 Å². The molecule has 0 saturated carbocycles. The number of nitriles is 1. The van der Waals surface area contributed by atoms with Crippen LogP contribution in [-0.2, 0) is 4.79 Å². The number of nitrogens with zero attached hydrogens (tertiary/aromatic N) is 1. The van der Waals surface area contributed by atoms with E-state index in [1.807, 2.05) is 24.3 Å². The minimum Gasteiger partial charge on any atom is -0.369 e. The second kappa shape index (κ2) is 4.99. The summed E-state index contributed by atoms with van der Waals surface area (Å²) in [6.45, 7) is 0. The molecule has 1 unspecified atom stereocenters. The van der Waals surface area contributed by atoms with Gasteiger partial charge in [-0.05, 0) is 24.3 Å². The van der Waals surface area contributed by atoms with Crippen molar-refractivity contribution < 1.29 is 4.79 Å². The van der Waals surface area contributed by atoms with Crippen LogP contribution in [0, 0.1) is 11.3 Å². The predicted molar refractivity (Wildman–Crippen MR) is 80.3 cm³/mol. The van der Waals surface area contributed by atoms with Crippen molar-refractivity contribution in [3.8, 4) is 6.07 Å². The Labute approximate surface area is 124 Å². The van der Waals surface area contributed by atoms with Crippen molar-refractivity contribution in [3.63, 3.8) is 0 Å². The third-order valence-corrected chi connectivity index (χ3v) is 3.69. The maximum Gasteiger partial charge on any atom is 0.251 e. The molecule has 1 aliphatic rings. The highest BCUT2D eigenvalue weighted by Gasteiger charge is 2.30. The van der Waals surface area contributed by atoms with Crippen LogP contribution in [0.4, 0.5) is 11.4 Å². The molecule has 3 rings (SSSR count). The number of halogens is 1. The molecule has 5 heteroatoms. The standard InChI is InChI=1S/C15H10BrN3O/c16-10-5-6-11-13(7-10)19-15(20)14(11)18-12-4-2-1-3-9(12)8-17/h1-7,14,18H,(H,19,20). The topological polar surface area (TPSA) is 64.9 Å². The molecular weight excluding hydrogens is 318 g/mol. The number of fused-ring (bicyclic) bond motifs is 1. The lowest BCUT2D eigenvalue weighted by atomic mass is 10.1. The lowest BCUT2D eigenvalue weighted by Crippen LogP contribution is -2.20. The summed E-state index contributed by atoms with van der Waals surface area (Å²) in [5, 5.41) is 15.1. The Morgan fingerprint density at radius 2 is 2.05 bits per heavy atom. The van der Waals surface area contributed by atoms with Gasteiger partial charge in [0.1, 0.15) is 12.1 Å². The van der Waals surface area contributed by atoms with Crippen molar-refractivity contribution in [2.24, 2.45) is 0 Å². The molecule has 1 amide bonds. The van der Waals surface area contributed by atoms with Gasteiger partial charge in [-0.2, -0.15) is 5.26 Å². The zero-order valence-electron chi connectivity index (χ0n) is 10.4. The Hall–Kier alpha value is -2.32. The number of para-hydroxylation sites is 1. The summed E-state index contributed by atoms with van der Waals surface area (Å²) < 4.78 is 0.912. The summed E-state index contributed by atoms with van der Waals surface area (Å²) in [7, 11) is 0. The first kappa shape index (κ1) is 12.7. The van der Waals surface area contributed by atoms with Crippen molar-refractivity contribution in [3.05, 3.63) is 58.1 Å². The Kier molecular flexibility index (Phi) is 3.17. The Morgan fingerprint density at radius 3 is 2.85 bits per heavy atom. The van der Waals surface area contributed by atoms with E-state index in [0.717, 1.165) is 15.7 Å². The largest absolute Gasteiger partial charge is 0.369 e. The van der Waals surface area contributed by atoms with E-state index in [1.165, 1.54) is 0 Å². The molecule has 0 saturated heterocycles. The number of hydrogen-bond donors (Lipinski definition) is 2. The van der Waals surface area contributed by atoms with Crippen LogP contribution in [0.3, 0.4) is 0 Å². The maximum atomic E-state index is 12.1. The van der Waals surface area contributed by atoms with E-state index in [4.69, 9.17) is 5.26 Å². The summed E-state index contributed by atoms with van der Waals surface area (Å²) in [6.07, 6.45) is 0. The molecule has 2 aromatic rings. The summed E-state index contributed by atoms with van der Waals surface area (Å²) in [6, 6.07) is 14.4. The highest BCUT2D eigenvalue weighted by Crippen LogP contribution is 2.35. The van der Waals surface area contributed by atoms with Gasteiger partial charge < -0.3 is 10.6 Å².